The van der Waals surface area contributed by atoms with Crippen LogP contribution in [0.2, 0.25) is 0 Å². The number of amides is 1. The van der Waals surface area contributed by atoms with Crippen molar-refractivity contribution in [1.29, 1.82) is 0 Å². The van der Waals surface area contributed by atoms with Gasteiger partial charge in [-0.3, -0.25) is 4.79 Å². The smallest absolute Gasteiger partial charge is 0.233 e. The number of nitrogens with one attached hydrogen (secondary N) is 3. The Morgan fingerprint density at radius 1 is 1.54 bits per heavy atom. The molecule has 0 aromatic heterocycles. The largest absolute Gasteiger partial charge is 0.358 e. The summed E-state index contributed by atoms with van der Waals surface area (Å²) in [7, 11) is 1.66. The zero-order valence-electron chi connectivity index (χ0n) is 8.23. The van der Waals surface area contributed by atoms with Crippen LogP contribution < -0.4 is 16.0 Å². The van der Waals surface area contributed by atoms with Crippen molar-refractivity contribution < 1.29 is 4.79 Å². The molecular formula is C9H19N3O. The highest BCUT2D eigenvalue weighted by molar-refractivity contribution is 5.77. The lowest BCUT2D eigenvalue weighted by molar-refractivity contribution is -0.119. The summed E-state index contributed by atoms with van der Waals surface area (Å²) < 4.78 is 0. The van der Waals surface area contributed by atoms with E-state index in [-0.39, 0.29) is 5.91 Å². The molecule has 1 aliphatic rings. The maximum absolute atomic E-state index is 10.9. The standard InChI is InChI=1S/C9H19N3O/c1-10-9(13)7-11-6-8-4-2-3-5-12-8/h8,11-12H,2-7H2,1H3,(H,10,13). The minimum Gasteiger partial charge on any atom is -0.358 e. The second kappa shape index (κ2) is 5.94. The molecule has 76 valence electrons. The van der Waals surface area contributed by atoms with E-state index in [1.54, 1.807) is 7.05 Å². The molecule has 1 heterocycles. The first kappa shape index (κ1) is 10.5. The Bertz CT molecular complexity index is 155. The summed E-state index contributed by atoms with van der Waals surface area (Å²) in [5.41, 5.74) is 0. The predicted octanol–water partition coefficient (Wildman–Crippen LogP) is -0.536. The van der Waals surface area contributed by atoms with E-state index in [1.165, 1.54) is 19.3 Å². The van der Waals surface area contributed by atoms with Crippen molar-refractivity contribution in [2.45, 2.75) is 25.3 Å². The maximum Gasteiger partial charge on any atom is 0.233 e. The summed E-state index contributed by atoms with van der Waals surface area (Å²) in [5, 5.41) is 9.13. The van der Waals surface area contributed by atoms with Gasteiger partial charge < -0.3 is 16.0 Å². The molecule has 1 aliphatic heterocycles. The van der Waals surface area contributed by atoms with Gasteiger partial charge in [-0.15, -0.1) is 0 Å². The summed E-state index contributed by atoms with van der Waals surface area (Å²) in [4.78, 5) is 10.9. The molecule has 3 N–H and O–H groups in total. The van der Waals surface area contributed by atoms with Gasteiger partial charge in [0.25, 0.3) is 0 Å². The molecule has 13 heavy (non-hydrogen) atoms. The third kappa shape index (κ3) is 4.24. The van der Waals surface area contributed by atoms with Crippen LogP contribution in [0.3, 0.4) is 0 Å². The summed E-state index contributed by atoms with van der Waals surface area (Å²) >= 11 is 0. The number of hydrogen-bond acceptors (Lipinski definition) is 3. The number of piperidine rings is 1. The van der Waals surface area contributed by atoms with Crippen molar-refractivity contribution in [3.8, 4) is 0 Å². The Morgan fingerprint density at radius 3 is 3.00 bits per heavy atom. The highest BCUT2D eigenvalue weighted by Gasteiger charge is 2.11. The third-order valence-electron chi connectivity index (χ3n) is 2.37. The molecule has 1 unspecified atom stereocenters. The minimum atomic E-state index is 0.0517. The van der Waals surface area contributed by atoms with Gasteiger partial charge in [-0.2, -0.15) is 0 Å². The third-order valence-corrected chi connectivity index (χ3v) is 2.37. The first-order chi connectivity index (χ1) is 6.33. The van der Waals surface area contributed by atoms with Crippen LogP contribution in [0.25, 0.3) is 0 Å². The number of likely N-dealkylation sites (N-methyl/N-ethyl adjacent to an activating group) is 1. The van der Waals surface area contributed by atoms with Crippen LogP contribution in [0.5, 0.6) is 0 Å². The van der Waals surface area contributed by atoms with Crippen molar-refractivity contribution in [2.75, 3.05) is 26.7 Å². The normalized spacial score (nSPS) is 22.7. The maximum atomic E-state index is 10.9. The van der Waals surface area contributed by atoms with Crippen molar-refractivity contribution in [3.05, 3.63) is 0 Å². The summed E-state index contributed by atoms with van der Waals surface area (Å²) in [6.45, 7) is 2.44. The molecule has 0 aromatic rings. The average molecular weight is 185 g/mol. The van der Waals surface area contributed by atoms with E-state index in [9.17, 15) is 4.79 Å². The molecular weight excluding hydrogens is 166 g/mol. The van der Waals surface area contributed by atoms with Gasteiger partial charge in [0.15, 0.2) is 0 Å². The second-order valence-corrected chi connectivity index (χ2v) is 3.45. The lowest BCUT2D eigenvalue weighted by atomic mass is 10.1. The Kier molecular flexibility index (Phi) is 4.78. The van der Waals surface area contributed by atoms with Gasteiger partial charge in [0.05, 0.1) is 6.54 Å². The van der Waals surface area contributed by atoms with E-state index in [0.29, 0.717) is 12.6 Å². The lowest BCUT2D eigenvalue weighted by Gasteiger charge is -2.23. The molecule has 1 amide bonds. The van der Waals surface area contributed by atoms with Gasteiger partial charge in [-0.1, -0.05) is 6.42 Å². The van der Waals surface area contributed by atoms with Crippen molar-refractivity contribution >= 4 is 5.91 Å². The van der Waals surface area contributed by atoms with Crippen molar-refractivity contribution in [2.24, 2.45) is 0 Å². The summed E-state index contributed by atoms with van der Waals surface area (Å²) in [6, 6.07) is 0.554. The fourth-order valence-corrected chi connectivity index (χ4v) is 1.55. The van der Waals surface area contributed by atoms with Crippen LogP contribution in [0.15, 0.2) is 0 Å². The number of carbonyl (C=O) groups excluding carboxylic acids is 1. The monoisotopic (exact) mass is 185 g/mol. The quantitative estimate of drug-likeness (QED) is 0.551. The molecule has 0 spiro atoms. The van der Waals surface area contributed by atoms with Crippen LogP contribution in [0.4, 0.5) is 0 Å². The summed E-state index contributed by atoms with van der Waals surface area (Å²) in [5.74, 6) is 0.0517. The molecule has 1 atom stereocenters. The first-order valence-corrected chi connectivity index (χ1v) is 4.97. The van der Waals surface area contributed by atoms with E-state index >= 15 is 0 Å². The van der Waals surface area contributed by atoms with Crippen LogP contribution in [0, 0.1) is 0 Å². The van der Waals surface area contributed by atoms with E-state index in [1.807, 2.05) is 0 Å². The Balaban J connectivity index is 2.01. The van der Waals surface area contributed by atoms with Crippen molar-refractivity contribution in [3.63, 3.8) is 0 Å². The predicted molar refractivity (Wildman–Crippen MR) is 52.6 cm³/mol. The SMILES string of the molecule is CNC(=O)CNCC1CCCCN1. The molecule has 4 heteroatoms. The molecule has 1 fully saturated rings. The molecule has 0 bridgehead atoms. The van der Waals surface area contributed by atoms with Crippen LogP contribution >= 0.6 is 0 Å². The van der Waals surface area contributed by atoms with E-state index in [0.717, 1.165) is 13.1 Å². The molecule has 0 saturated carbocycles. The first-order valence-electron chi connectivity index (χ1n) is 4.97. The second-order valence-electron chi connectivity index (χ2n) is 3.45. The van der Waals surface area contributed by atoms with Crippen LogP contribution in [-0.2, 0) is 4.79 Å². The van der Waals surface area contributed by atoms with E-state index in [2.05, 4.69) is 16.0 Å². The van der Waals surface area contributed by atoms with Gasteiger partial charge in [0.1, 0.15) is 0 Å². The number of rotatable bonds is 4. The number of carbonyl (C=O) groups is 1. The molecule has 4 nitrogen and oxygen atoms in total. The van der Waals surface area contributed by atoms with Gasteiger partial charge in [0, 0.05) is 19.6 Å². The van der Waals surface area contributed by atoms with Crippen LogP contribution in [0.1, 0.15) is 19.3 Å². The molecule has 0 aliphatic carbocycles. The highest BCUT2D eigenvalue weighted by atomic mass is 16.1. The lowest BCUT2D eigenvalue weighted by Crippen LogP contribution is -2.44. The topological polar surface area (TPSA) is 53.2 Å². The minimum absolute atomic E-state index is 0.0517. The van der Waals surface area contributed by atoms with E-state index in [4.69, 9.17) is 0 Å². The van der Waals surface area contributed by atoms with Gasteiger partial charge >= 0.3 is 0 Å². The van der Waals surface area contributed by atoms with E-state index < -0.39 is 0 Å². The zero-order valence-corrected chi connectivity index (χ0v) is 8.23. The van der Waals surface area contributed by atoms with Gasteiger partial charge in [0.2, 0.25) is 5.91 Å². The van der Waals surface area contributed by atoms with Crippen LogP contribution in [-0.4, -0.2) is 38.6 Å². The highest BCUT2D eigenvalue weighted by Crippen LogP contribution is 2.05. The Morgan fingerprint density at radius 2 is 2.38 bits per heavy atom. The fraction of sp³-hybridized carbons (Fsp3) is 0.889. The Labute approximate surface area is 79.5 Å². The Hall–Kier alpha value is -0.610. The van der Waals surface area contributed by atoms with Crippen molar-refractivity contribution in [1.82, 2.24) is 16.0 Å². The fourth-order valence-electron chi connectivity index (χ4n) is 1.55. The summed E-state index contributed by atoms with van der Waals surface area (Å²) in [6.07, 6.45) is 3.81. The molecule has 1 saturated heterocycles. The number of hydrogen-bond donors (Lipinski definition) is 3. The molecule has 1 rings (SSSR count). The average Bonchev–Trinajstić information content (AvgIpc) is 2.19. The van der Waals surface area contributed by atoms with Gasteiger partial charge in [-0.05, 0) is 19.4 Å². The molecule has 0 radical (unpaired) electrons. The molecule has 0 aromatic carbocycles. The zero-order chi connectivity index (χ0) is 9.52. The van der Waals surface area contributed by atoms with Gasteiger partial charge in [-0.25, -0.2) is 0 Å².